The molecule has 0 amide bonds. The molecule has 4 rings (SSSR count). The molecule has 7 nitrogen and oxygen atoms in total. The Morgan fingerprint density at radius 3 is 1.95 bits per heavy atom. The van der Waals surface area contributed by atoms with Gasteiger partial charge in [-0.3, -0.25) is 0 Å². The van der Waals surface area contributed by atoms with Gasteiger partial charge in [-0.2, -0.15) is 0 Å². The van der Waals surface area contributed by atoms with E-state index in [0.717, 1.165) is 10.4 Å². The normalized spacial score (nSPS) is 25.8. The molecule has 0 aliphatic carbocycles. The number of ether oxygens (including phenoxy) is 3. The maximum atomic E-state index is 13.0. The van der Waals surface area contributed by atoms with Gasteiger partial charge in [0.05, 0.1) is 25.4 Å². The highest BCUT2D eigenvalue weighted by Crippen LogP contribution is 2.47. The lowest BCUT2D eigenvalue weighted by atomic mass is 9.98. The van der Waals surface area contributed by atoms with Gasteiger partial charge in [-0.15, -0.1) is 0 Å². The second-order valence-electron chi connectivity index (χ2n) is 13.8. The Hall–Kier alpha value is -1.86. The molecule has 0 saturated carbocycles. The summed E-state index contributed by atoms with van der Waals surface area (Å²) in [6.07, 6.45) is -2.95. The fraction of sp³-hybridized carbons (Fsp3) is 0.594. The molecule has 2 bridgehead atoms. The van der Waals surface area contributed by atoms with Crippen LogP contribution in [0.2, 0.25) is 23.2 Å². The number of aliphatic hydroxyl groups excluding tert-OH is 1. The van der Waals surface area contributed by atoms with E-state index in [4.69, 9.17) is 23.1 Å². The fourth-order valence-electron chi connectivity index (χ4n) is 5.72. The van der Waals surface area contributed by atoms with Crippen LogP contribution in [0.15, 0.2) is 60.7 Å². The third kappa shape index (κ3) is 6.00. The number of hydrogen-bond acceptors (Lipinski definition) is 7. The maximum absolute atomic E-state index is 13.0. The van der Waals surface area contributed by atoms with Crippen LogP contribution in [-0.4, -0.2) is 71.1 Å². The van der Waals surface area contributed by atoms with Gasteiger partial charge < -0.3 is 28.2 Å². The molecular formula is C32H48O7Si2. The van der Waals surface area contributed by atoms with Crippen molar-refractivity contribution in [3.63, 3.8) is 0 Å². The third-order valence-corrected chi connectivity index (χ3v) is 18.5. The van der Waals surface area contributed by atoms with Gasteiger partial charge in [0.15, 0.2) is 8.32 Å². The predicted molar refractivity (Wildman–Crippen MR) is 165 cm³/mol. The molecule has 2 aliphatic rings. The zero-order valence-electron chi connectivity index (χ0n) is 26.1. The van der Waals surface area contributed by atoms with Gasteiger partial charge in [0.1, 0.15) is 12.2 Å². The summed E-state index contributed by atoms with van der Waals surface area (Å²) >= 11 is 0. The second kappa shape index (κ2) is 11.7. The monoisotopic (exact) mass is 600 g/mol. The molecule has 2 saturated heterocycles. The highest BCUT2D eigenvalue weighted by molar-refractivity contribution is 6.99. The van der Waals surface area contributed by atoms with E-state index in [0.29, 0.717) is 0 Å². The van der Waals surface area contributed by atoms with Crippen molar-refractivity contribution in [3.05, 3.63) is 60.7 Å². The smallest absolute Gasteiger partial charge is 0.366 e. The van der Waals surface area contributed by atoms with Crippen LogP contribution in [0.4, 0.5) is 0 Å². The molecule has 2 fully saturated rings. The summed E-state index contributed by atoms with van der Waals surface area (Å²) in [7, 11) is -5.24. The molecule has 41 heavy (non-hydrogen) atoms. The first kappa shape index (κ1) is 32.1. The average molecular weight is 601 g/mol. The van der Waals surface area contributed by atoms with E-state index in [1.807, 2.05) is 36.4 Å². The van der Waals surface area contributed by atoms with E-state index in [2.05, 4.69) is 78.9 Å². The summed E-state index contributed by atoms with van der Waals surface area (Å²) in [6.45, 7) is 19.9. The zero-order valence-corrected chi connectivity index (χ0v) is 28.1. The number of carbonyl (C=O) groups is 1. The van der Waals surface area contributed by atoms with Crippen molar-refractivity contribution in [1.29, 1.82) is 0 Å². The lowest BCUT2D eigenvalue weighted by Crippen LogP contribution is -2.69. The molecule has 1 N–H and O–H groups in total. The molecule has 0 aromatic heterocycles. The molecule has 2 aliphatic heterocycles. The van der Waals surface area contributed by atoms with Gasteiger partial charge in [-0.25, -0.2) is 4.79 Å². The van der Waals surface area contributed by atoms with Crippen molar-refractivity contribution in [3.8, 4) is 0 Å². The maximum Gasteiger partial charge on any atom is 0.366 e. The number of carbonyl (C=O) groups excluding carboxylic acids is 1. The Morgan fingerprint density at radius 1 is 0.951 bits per heavy atom. The minimum atomic E-state index is -3.04. The molecule has 5 atom stereocenters. The van der Waals surface area contributed by atoms with Gasteiger partial charge in [-0.05, 0) is 40.5 Å². The number of fused-ring (bicyclic) bond motifs is 2. The van der Waals surface area contributed by atoms with Crippen molar-refractivity contribution in [2.45, 2.75) is 108 Å². The molecular weight excluding hydrogens is 553 g/mol. The van der Waals surface area contributed by atoms with Crippen molar-refractivity contribution >= 4 is 33.0 Å². The molecule has 0 radical (unpaired) electrons. The van der Waals surface area contributed by atoms with Gasteiger partial charge in [-0.1, -0.05) is 102 Å². The first-order valence-corrected chi connectivity index (χ1v) is 19.5. The summed E-state index contributed by atoms with van der Waals surface area (Å²) in [6, 6.07) is 20.8. The van der Waals surface area contributed by atoms with Crippen molar-refractivity contribution < 1.29 is 33.0 Å². The minimum absolute atomic E-state index is 0.0212. The minimum Gasteiger partial charge on any atom is -0.462 e. The van der Waals surface area contributed by atoms with Crippen LogP contribution in [0.1, 0.15) is 54.9 Å². The molecule has 2 heterocycles. The topological polar surface area (TPSA) is 83.5 Å². The highest BCUT2D eigenvalue weighted by atomic mass is 28.4. The summed E-state index contributed by atoms with van der Waals surface area (Å²) < 4.78 is 32.2. The molecule has 2 aromatic carbocycles. The van der Waals surface area contributed by atoms with E-state index in [9.17, 15) is 9.90 Å². The highest BCUT2D eigenvalue weighted by Gasteiger charge is 2.66. The summed E-state index contributed by atoms with van der Waals surface area (Å²) in [5.74, 6) is -2.26. The number of rotatable bonds is 10. The van der Waals surface area contributed by atoms with E-state index in [-0.39, 0.29) is 29.7 Å². The van der Waals surface area contributed by atoms with Crippen molar-refractivity contribution in [2.75, 3.05) is 13.2 Å². The van der Waals surface area contributed by atoms with Crippen LogP contribution in [0, 0.1) is 0 Å². The third-order valence-electron chi connectivity index (χ3n) is 8.95. The standard InChI is InChI=1S/C32H48O7Si2/c1-10-35-29(34)32-21-25(33)27(37-32)28(38-32)26(22-36-40(8,9)30(2,3)4)39-41(31(5,6)7,23-17-13-11-14-18-23)24-19-15-12-16-20-24/h11-20,25-28,33H,10,21-22H2,1-9H3/t25-,26-,27-,28-,32+/m1/s1. The summed E-state index contributed by atoms with van der Waals surface area (Å²) in [4.78, 5) is 13.0. The lowest BCUT2D eigenvalue weighted by molar-refractivity contribution is -0.213. The number of aliphatic hydroxyl groups is 1. The van der Waals surface area contributed by atoms with E-state index in [1.54, 1.807) is 6.92 Å². The quantitative estimate of drug-likeness (QED) is 0.311. The number of esters is 1. The van der Waals surface area contributed by atoms with Crippen LogP contribution in [0.25, 0.3) is 0 Å². The molecule has 226 valence electrons. The molecule has 2 aromatic rings. The van der Waals surface area contributed by atoms with E-state index < -0.39 is 52.8 Å². The van der Waals surface area contributed by atoms with E-state index in [1.165, 1.54) is 0 Å². The lowest BCUT2D eigenvalue weighted by Gasteiger charge is -2.47. The van der Waals surface area contributed by atoms with Gasteiger partial charge in [0, 0.05) is 6.42 Å². The molecule has 0 unspecified atom stereocenters. The Morgan fingerprint density at radius 2 is 1.49 bits per heavy atom. The van der Waals surface area contributed by atoms with Crippen molar-refractivity contribution in [1.82, 2.24) is 0 Å². The number of benzene rings is 2. The molecule has 9 heteroatoms. The Balaban J connectivity index is 1.84. The fourth-order valence-corrected chi connectivity index (χ4v) is 11.4. The molecule has 0 spiro atoms. The average Bonchev–Trinajstić information content (AvgIpc) is 3.45. The number of hydrogen-bond donors (Lipinski definition) is 1. The first-order chi connectivity index (χ1) is 19.1. The first-order valence-electron chi connectivity index (χ1n) is 14.7. The van der Waals surface area contributed by atoms with Crippen LogP contribution in [-0.2, 0) is 27.9 Å². The predicted octanol–water partition coefficient (Wildman–Crippen LogP) is 4.76. The summed E-state index contributed by atoms with van der Waals surface area (Å²) in [5, 5.41) is 13.0. The van der Waals surface area contributed by atoms with Gasteiger partial charge in [0.25, 0.3) is 14.1 Å². The Labute approximate surface area is 247 Å². The Bertz CT molecular complexity index is 1140. The van der Waals surface area contributed by atoms with Crippen LogP contribution in [0.3, 0.4) is 0 Å². The Kier molecular flexibility index (Phi) is 9.13. The van der Waals surface area contributed by atoms with E-state index >= 15 is 0 Å². The largest absolute Gasteiger partial charge is 0.462 e. The zero-order chi connectivity index (χ0) is 30.3. The second-order valence-corrected chi connectivity index (χ2v) is 22.9. The van der Waals surface area contributed by atoms with Crippen LogP contribution >= 0.6 is 0 Å². The van der Waals surface area contributed by atoms with Crippen LogP contribution in [0.5, 0.6) is 0 Å². The SMILES string of the molecule is CCOC(=O)[C@@]12C[C@@H](O)[C@@H](O1)[C@@H]([C@@H](CO[Si](C)(C)C(C)(C)C)O[Si](c1ccccc1)(c1ccccc1)C(C)(C)C)O2. The summed E-state index contributed by atoms with van der Waals surface area (Å²) in [5.41, 5.74) is 0. The van der Waals surface area contributed by atoms with Crippen LogP contribution < -0.4 is 10.4 Å². The van der Waals surface area contributed by atoms with Gasteiger partial charge >= 0.3 is 5.97 Å². The van der Waals surface area contributed by atoms with Gasteiger partial charge in [0.2, 0.25) is 0 Å². The van der Waals surface area contributed by atoms with Crippen molar-refractivity contribution in [2.24, 2.45) is 0 Å².